The third-order valence-corrected chi connectivity index (χ3v) is 2.17. The summed E-state index contributed by atoms with van der Waals surface area (Å²) < 4.78 is 9.96. The van der Waals surface area contributed by atoms with Crippen LogP contribution in [0.4, 0.5) is 0 Å². The molecule has 0 fully saturated rings. The molecule has 0 aliphatic rings. The lowest BCUT2D eigenvalue weighted by Crippen LogP contribution is -1.98. The number of nitrogens with zero attached hydrogens (tertiary/aromatic N) is 2. The van der Waals surface area contributed by atoms with Gasteiger partial charge >= 0.3 is 5.97 Å². The van der Waals surface area contributed by atoms with E-state index in [1.165, 1.54) is 12.5 Å². The van der Waals surface area contributed by atoms with E-state index < -0.39 is 0 Å². The molecule has 2 aromatic heterocycles. The van der Waals surface area contributed by atoms with Crippen LogP contribution in [0.25, 0.3) is 17.4 Å². The predicted octanol–water partition coefficient (Wildman–Crippen LogP) is 2.31. The second-order valence-electron chi connectivity index (χ2n) is 3.46. The van der Waals surface area contributed by atoms with Crippen molar-refractivity contribution in [3.05, 3.63) is 42.7 Å². The third-order valence-electron chi connectivity index (χ3n) is 2.17. The number of hydrogen-bond acceptors (Lipinski definition) is 5. The fourth-order valence-corrected chi connectivity index (χ4v) is 1.40. The number of oxazole rings is 1. The van der Waals surface area contributed by atoms with Crippen LogP contribution < -0.4 is 0 Å². The molecule has 5 nitrogen and oxygen atoms in total. The summed E-state index contributed by atoms with van der Waals surface area (Å²) in [4.78, 5) is 19.1. The molecule has 0 spiro atoms. The van der Waals surface area contributed by atoms with Crippen LogP contribution in [0, 0.1) is 0 Å². The van der Waals surface area contributed by atoms with E-state index in [1.807, 2.05) is 6.07 Å². The molecule has 2 aromatic rings. The zero-order valence-corrected chi connectivity index (χ0v) is 9.87. The number of esters is 1. The molecular formula is C13H12N2O3. The highest BCUT2D eigenvalue weighted by Gasteiger charge is 2.02. The Morgan fingerprint density at radius 1 is 1.39 bits per heavy atom. The van der Waals surface area contributed by atoms with Crippen molar-refractivity contribution in [2.45, 2.75) is 6.92 Å². The van der Waals surface area contributed by atoms with Crippen molar-refractivity contribution in [2.75, 3.05) is 6.61 Å². The molecule has 92 valence electrons. The van der Waals surface area contributed by atoms with Gasteiger partial charge in [-0.2, -0.15) is 0 Å². The smallest absolute Gasteiger partial charge is 0.330 e. The van der Waals surface area contributed by atoms with Crippen LogP contribution >= 0.6 is 0 Å². The van der Waals surface area contributed by atoms with Gasteiger partial charge in [-0.25, -0.2) is 9.78 Å². The molecule has 2 rings (SSSR count). The van der Waals surface area contributed by atoms with E-state index in [0.717, 1.165) is 11.1 Å². The summed E-state index contributed by atoms with van der Waals surface area (Å²) in [6.07, 6.45) is 9.29. The van der Waals surface area contributed by atoms with Crippen LogP contribution in [0.15, 0.2) is 41.5 Å². The second kappa shape index (κ2) is 5.77. The van der Waals surface area contributed by atoms with Crippen LogP contribution in [-0.2, 0) is 9.53 Å². The summed E-state index contributed by atoms with van der Waals surface area (Å²) in [6.45, 7) is 2.12. The summed E-state index contributed by atoms with van der Waals surface area (Å²) in [6, 6.07) is 1.85. The Balaban J connectivity index is 2.15. The van der Waals surface area contributed by atoms with Crippen LogP contribution in [0.2, 0.25) is 0 Å². The average Bonchev–Trinajstić information content (AvgIpc) is 2.91. The monoisotopic (exact) mass is 244 g/mol. The molecule has 0 bridgehead atoms. The summed E-state index contributed by atoms with van der Waals surface area (Å²) >= 11 is 0. The molecule has 0 atom stereocenters. The molecule has 0 aliphatic heterocycles. The van der Waals surface area contributed by atoms with Crippen molar-refractivity contribution in [1.29, 1.82) is 0 Å². The lowest BCUT2D eigenvalue weighted by atomic mass is 10.1. The van der Waals surface area contributed by atoms with Crippen LogP contribution in [0.3, 0.4) is 0 Å². The fraction of sp³-hybridized carbons (Fsp3) is 0.154. The lowest BCUT2D eigenvalue weighted by Gasteiger charge is -1.98. The van der Waals surface area contributed by atoms with Crippen molar-refractivity contribution < 1.29 is 13.9 Å². The SMILES string of the molecule is CCOC(=O)/C=C/c1cncc(-c2cnco2)c1. The van der Waals surface area contributed by atoms with Gasteiger partial charge in [0.1, 0.15) is 0 Å². The maximum Gasteiger partial charge on any atom is 0.330 e. The number of carbonyl (C=O) groups is 1. The van der Waals surface area contributed by atoms with Crippen LogP contribution in [0.1, 0.15) is 12.5 Å². The van der Waals surface area contributed by atoms with Crippen molar-refractivity contribution in [2.24, 2.45) is 0 Å². The molecule has 5 heteroatoms. The normalized spacial score (nSPS) is 10.7. The van der Waals surface area contributed by atoms with E-state index in [2.05, 4.69) is 9.97 Å². The first-order chi connectivity index (χ1) is 8.79. The Hall–Kier alpha value is -2.43. The summed E-state index contributed by atoms with van der Waals surface area (Å²) in [5.74, 6) is 0.261. The number of carbonyl (C=O) groups excluding carboxylic acids is 1. The highest BCUT2D eigenvalue weighted by atomic mass is 16.5. The van der Waals surface area contributed by atoms with Crippen molar-refractivity contribution >= 4 is 12.0 Å². The molecule has 18 heavy (non-hydrogen) atoms. The minimum atomic E-state index is -0.373. The molecule has 2 heterocycles. The van der Waals surface area contributed by atoms with Gasteiger partial charge in [0, 0.05) is 24.0 Å². The van der Waals surface area contributed by atoms with Crippen LogP contribution in [-0.4, -0.2) is 22.5 Å². The van der Waals surface area contributed by atoms with Gasteiger partial charge in [-0.05, 0) is 24.6 Å². The Kier molecular flexibility index (Phi) is 3.86. The number of rotatable bonds is 4. The second-order valence-corrected chi connectivity index (χ2v) is 3.46. The molecule has 0 saturated heterocycles. The first-order valence-corrected chi connectivity index (χ1v) is 5.48. The standard InChI is InChI=1S/C13H12N2O3/c1-2-17-13(16)4-3-10-5-11(7-14-6-10)12-8-15-9-18-12/h3-9H,2H2,1H3/b4-3+. The number of aromatic nitrogens is 2. The molecule has 0 amide bonds. The average molecular weight is 244 g/mol. The van der Waals surface area contributed by atoms with E-state index in [0.29, 0.717) is 12.4 Å². The van der Waals surface area contributed by atoms with E-state index in [9.17, 15) is 4.79 Å². The zero-order chi connectivity index (χ0) is 12.8. The Morgan fingerprint density at radius 2 is 2.28 bits per heavy atom. The van der Waals surface area contributed by atoms with Gasteiger partial charge in [-0.3, -0.25) is 4.98 Å². The molecular weight excluding hydrogens is 232 g/mol. The third kappa shape index (κ3) is 3.04. The van der Waals surface area contributed by atoms with Gasteiger partial charge in [0.25, 0.3) is 0 Å². The first kappa shape index (κ1) is 12.0. The van der Waals surface area contributed by atoms with Gasteiger partial charge in [-0.15, -0.1) is 0 Å². The van der Waals surface area contributed by atoms with Gasteiger partial charge in [-0.1, -0.05) is 0 Å². The molecule has 0 aromatic carbocycles. The maximum absolute atomic E-state index is 11.2. The number of pyridine rings is 1. The molecule has 0 saturated carbocycles. The molecule has 0 N–H and O–H groups in total. The lowest BCUT2D eigenvalue weighted by molar-refractivity contribution is -0.137. The first-order valence-electron chi connectivity index (χ1n) is 5.48. The number of ether oxygens (including phenoxy) is 1. The number of hydrogen-bond donors (Lipinski definition) is 0. The fourth-order valence-electron chi connectivity index (χ4n) is 1.40. The topological polar surface area (TPSA) is 65.2 Å². The maximum atomic E-state index is 11.2. The minimum Gasteiger partial charge on any atom is -0.463 e. The van der Waals surface area contributed by atoms with Gasteiger partial charge in [0.05, 0.1) is 12.8 Å². The summed E-state index contributed by atoms with van der Waals surface area (Å²) in [5.41, 5.74) is 1.59. The Morgan fingerprint density at radius 3 is 3.00 bits per heavy atom. The molecule has 0 unspecified atom stereocenters. The van der Waals surface area contributed by atoms with E-state index >= 15 is 0 Å². The zero-order valence-electron chi connectivity index (χ0n) is 9.87. The summed E-state index contributed by atoms with van der Waals surface area (Å²) in [5, 5.41) is 0. The highest BCUT2D eigenvalue weighted by molar-refractivity contribution is 5.87. The Labute approximate surface area is 104 Å². The van der Waals surface area contributed by atoms with E-state index in [-0.39, 0.29) is 5.97 Å². The van der Waals surface area contributed by atoms with E-state index in [1.54, 1.807) is 31.6 Å². The minimum absolute atomic E-state index is 0.361. The largest absolute Gasteiger partial charge is 0.463 e. The predicted molar refractivity (Wildman–Crippen MR) is 65.4 cm³/mol. The van der Waals surface area contributed by atoms with Gasteiger partial charge in [0.15, 0.2) is 12.2 Å². The summed E-state index contributed by atoms with van der Waals surface area (Å²) in [7, 11) is 0. The van der Waals surface area contributed by atoms with Crippen LogP contribution in [0.5, 0.6) is 0 Å². The van der Waals surface area contributed by atoms with Crippen molar-refractivity contribution in [3.8, 4) is 11.3 Å². The van der Waals surface area contributed by atoms with Gasteiger partial charge in [0.2, 0.25) is 0 Å². The molecule has 0 aliphatic carbocycles. The van der Waals surface area contributed by atoms with E-state index in [4.69, 9.17) is 9.15 Å². The van der Waals surface area contributed by atoms with Crippen molar-refractivity contribution in [1.82, 2.24) is 9.97 Å². The Bertz CT molecular complexity index is 547. The van der Waals surface area contributed by atoms with Crippen molar-refractivity contribution in [3.63, 3.8) is 0 Å². The quantitative estimate of drug-likeness (QED) is 0.610. The van der Waals surface area contributed by atoms with Gasteiger partial charge < -0.3 is 9.15 Å². The highest BCUT2D eigenvalue weighted by Crippen LogP contribution is 2.18. The molecule has 0 radical (unpaired) electrons.